The molecule has 1 rings (SSSR count). The molecule has 0 spiro atoms. The van der Waals surface area contributed by atoms with Gasteiger partial charge < -0.3 is 4.74 Å². The second-order valence-corrected chi connectivity index (χ2v) is 3.78. The zero-order valence-corrected chi connectivity index (χ0v) is 8.98. The maximum absolute atomic E-state index is 10.5. The van der Waals surface area contributed by atoms with E-state index in [-0.39, 0.29) is 0 Å². The normalized spacial score (nSPS) is 21.9. The standard InChI is InChI=1S/C6H11N3O5S/c1-4-3-5(13-2)8-6(7)9(4)14-15(10,11)12/h3,6H,7H2,1-2H3,(H,10,11,12)/p+1. The van der Waals surface area contributed by atoms with Crippen LogP contribution in [0.25, 0.3) is 0 Å². The zero-order chi connectivity index (χ0) is 11.6. The van der Waals surface area contributed by atoms with Crippen molar-refractivity contribution in [2.75, 3.05) is 7.11 Å². The van der Waals surface area contributed by atoms with E-state index in [1.807, 2.05) is 0 Å². The van der Waals surface area contributed by atoms with Gasteiger partial charge in [-0.3, -0.25) is 9.87 Å². The molecule has 0 aromatic carbocycles. The molecule has 1 unspecified atom stereocenters. The molecule has 86 valence electrons. The number of hydroxylamine groups is 1. The Morgan fingerprint density at radius 3 is 2.67 bits per heavy atom. The SMILES string of the molecule is COC1=CC(C)=[N+](OS(=O)(=O)O)C(N)N1. The summed E-state index contributed by atoms with van der Waals surface area (Å²) >= 11 is 0. The van der Waals surface area contributed by atoms with Gasteiger partial charge in [-0.2, -0.15) is 8.42 Å². The van der Waals surface area contributed by atoms with Gasteiger partial charge in [-0.25, -0.2) is 5.73 Å². The van der Waals surface area contributed by atoms with Crippen LogP contribution < -0.4 is 11.1 Å². The molecule has 1 aliphatic rings. The second-order valence-electron chi connectivity index (χ2n) is 2.77. The van der Waals surface area contributed by atoms with Gasteiger partial charge in [0.1, 0.15) is 0 Å². The van der Waals surface area contributed by atoms with Crippen molar-refractivity contribution in [3.05, 3.63) is 12.0 Å². The maximum Gasteiger partial charge on any atom is 0.499 e. The second kappa shape index (κ2) is 4.04. The van der Waals surface area contributed by atoms with E-state index in [0.717, 1.165) is 4.74 Å². The first-order valence-corrected chi connectivity index (χ1v) is 5.27. The lowest BCUT2D eigenvalue weighted by Gasteiger charge is -2.16. The fraction of sp³-hybridized carbons (Fsp3) is 0.500. The lowest BCUT2D eigenvalue weighted by molar-refractivity contribution is -0.776. The summed E-state index contributed by atoms with van der Waals surface area (Å²) < 4.78 is 39.4. The van der Waals surface area contributed by atoms with Crippen molar-refractivity contribution in [2.24, 2.45) is 5.73 Å². The third kappa shape index (κ3) is 3.08. The Morgan fingerprint density at radius 2 is 2.27 bits per heavy atom. The minimum absolute atomic E-state index is 0.371. The topological polar surface area (TPSA) is 114 Å². The highest BCUT2D eigenvalue weighted by Gasteiger charge is 2.31. The Balaban J connectivity index is 3.00. The van der Waals surface area contributed by atoms with Gasteiger partial charge in [0, 0.05) is 11.7 Å². The van der Waals surface area contributed by atoms with Crippen molar-refractivity contribution in [3.63, 3.8) is 0 Å². The molecule has 0 amide bonds. The molecule has 1 heterocycles. The average molecular weight is 238 g/mol. The number of hydrogen-bond donors (Lipinski definition) is 3. The molecule has 0 radical (unpaired) electrons. The Bertz CT molecular complexity index is 412. The van der Waals surface area contributed by atoms with E-state index in [1.54, 1.807) is 6.92 Å². The molecular weight excluding hydrogens is 226 g/mol. The third-order valence-corrected chi connectivity index (χ3v) is 1.97. The number of nitrogens with one attached hydrogen (secondary N) is 1. The fourth-order valence-corrected chi connectivity index (χ4v) is 1.46. The molecule has 0 aromatic heterocycles. The van der Waals surface area contributed by atoms with Crippen LogP contribution in [0.2, 0.25) is 0 Å². The van der Waals surface area contributed by atoms with Crippen LogP contribution in [0.15, 0.2) is 12.0 Å². The van der Waals surface area contributed by atoms with Crippen LogP contribution in [0, 0.1) is 0 Å². The Morgan fingerprint density at radius 1 is 1.67 bits per heavy atom. The molecule has 0 saturated heterocycles. The first-order chi connectivity index (χ1) is 6.83. The molecule has 0 aliphatic carbocycles. The molecule has 8 nitrogen and oxygen atoms in total. The van der Waals surface area contributed by atoms with Crippen LogP contribution in [-0.2, 0) is 19.4 Å². The number of hydrogen-bond acceptors (Lipinski definition) is 6. The van der Waals surface area contributed by atoms with E-state index in [0.29, 0.717) is 11.6 Å². The lowest BCUT2D eigenvalue weighted by Crippen LogP contribution is -2.51. The monoisotopic (exact) mass is 238 g/mol. The number of ether oxygens (including phenoxy) is 1. The summed E-state index contributed by atoms with van der Waals surface area (Å²) in [4.78, 5) is 0. The molecule has 0 aromatic rings. The summed E-state index contributed by atoms with van der Waals surface area (Å²) in [5, 5.41) is 2.59. The van der Waals surface area contributed by atoms with Crippen molar-refractivity contribution < 1.29 is 26.7 Å². The lowest BCUT2D eigenvalue weighted by atomic mass is 10.3. The quantitative estimate of drug-likeness (QED) is 0.406. The van der Waals surface area contributed by atoms with E-state index in [2.05, 4.69) is 9.60 Å². The van der Waals surface area contributed by atoms with Crippen LogP contribution in [-0.4, -0.2) is 36.8 Å². The molecule has 1 atom stereocenters. The van der Waals surface area contributed by atoms with Crippen molar-refractivity contribution in [1.82, 2.24) is 5.32 Å². The van der Waals surface area contributed by atoms with Gasteiger partial charge in [0.2, 0.25) is 5.71 Å². The number of methoxy groups -OCH3 is 1. The Hall–Kier alpha value is -1.32. The molecule has 15 heavy (non-hydrogen) atoms. The number of allylic oxidation sites excluding steroid dienone is 1. The summed E-state index contributed by atoms with van der Waals surface area (Å²) in [6, 6.07) is 0. The van der Waals surface area contributed by atoms with E-state index in [4.69, 9.17) is 15.0 Å². The molecule has 0 bridgehead atoms. The maximum atomic E-state index is 10.5. The Kier molecular flexibility index (Phi) is 3.17. The summed E-state index contributed by atoms with van der Waals surface area (Å²) in [7, 11) is -3.17. The van der Waals surface area contributed by atoms with Crippen molar-refractivity contribution >= 4 is 16.1 Å². The highest BCUT2D eigenvalue weighted by molar-refractivity contribution is 7.80. The highest BCUT2D eigenvalue weighted by atomic mass is 32.3. The zero-order valence-electron chi connectivity index (χ0n) is 8.17. The Labute approximate surface area is 86.9 Å². The van der Waals surface area contributed by atoms with Gasteiger partial charge in [-0.15, -0.1) is 4.28 Å². The van der Waals surface area contributed by atoms with Gasteiger partial charge in [0.15, 0.2) is 5.88 Å². The van der Waals surface area contributed by atoms with E-state index >= 15 is 0 Å². The molecule has 4 N–H and O–H groups in total. The van der Waals surface area contributed by atoms with Gasteiger partial charge in [-0.05, 0) is 0 Å². The molecule has 1 aliphatic heterocycles. The van der Waals surface area contributed by atoms with Crippen LogP contribution in [0.3, 0.4) is 0 Å². The molecule has 0 saturated carbocycles. The van der Waals surface area contributed by atoms with Gasteiger partial charge in [0.05, 0.1) is 13.2 Å². The van der Waals surface area contributed by atoms with Crippen LogP contribution in [0.5, 0.6) is 0 Å². The van der Waals surface area contributed by atoms with Crippen LogP contribution in [0.1, 0.15) is 6.92 Å². The van der Waals surface area contributed by atoms with Crippen LogP contribution in [0.4, 0.5) is 0 Å². The summed E-state index contributed by atoms with van der Waals surface area (Å²) in [5.41, 5.74) is 5.89. The van der Waals surface area contributed by atoms with E-state index in [1.165, 1.54) is 13.2 Å². The minimum atomic E-state index is -4.60. The fourth-order valence-electron chi connectivity index (χ4n) is 1.04. The van der Waals surface area contributed by atoms with Crippen molar-refractivity contribution in [2.45, 2.75) is 13.2 Å². The summed E-state index contributed by atoms with van der Waals surface area (Å²) in [6.45, 7) is 1.55. The van der Waals surface area contributed by atoms with E-state index < -0.39 is 16.7 Å². The number of nitrogens with two attached hydrogens (primary N) is 1. The average Bonchev–Trinajstić information content (AvgIpc) is 2.09. The number of nitrogens with zero attached hydrogens (tertiary/aromatic N) is 1. The smallest absolute Gasteiger partial charge is 0.482 e. The first-order valence-electron chi connectivity index (χ1n) is 3.91. The minimum Gasteiger partial charge on any atom is -0.482 e. The van der Waals surface area contributed by atoms with Crippen LogP contribution >= 0.6 is 0 Å². The molecule has 9 heteroatoms. The molecular formula is C6H12N3O5S+. The summed E-state index contributed by atoms with van der Waals surface area (Å²) in [5.74, 6) is 0.371. The van der Waals surface area contributed by atoms with E-state index in [9.17, 15) is 8.42 Å². The third-order valence-electron chi connectivity index (χ3n) is 1.62. The predicted molar refractivity (Wildman–Crippen MR) is 49.8 cm³/mol. The number of rotatable bonds is 3. The van der Waals surface area contributed by atoms with Gasteiger partial charge in [0.25, 0.3) is 0 Å². The van der Waals surface area contributed by atoms with Crippen molar-refractivity contribution in [1.29, 1.82) is 0 Å². The summed E-state index contributed by atoms with van der Waals surface area (Å²) in [6.07, 6.45) is 0.501. The van der Waals surface area contributed by atoms with Crippen molar-refractivity contribution in [3.8, 4) is 0 Å². The van der Waals surface area contributed by atoms with Gasteiger partial charge >= 0.3 is 16.7 Å². The molecule has 0 fully saturated rings. The highest BCUT2D eigenvalue weighted by Crippen LogP contribution is 2.03. The largest absolute Gasteiger partial charge is 0.499 e. The predicted octanol–water partition coefficient (Wildman–Crippen LogP) is -1.47. The first kappa shape index (κ1) is 11.8. The van der Waals surface area contributed by atoms with Gasteiger partial charge in [-0.1, -0.05) is 0 Å².